The second-order valence-electron chi connectivity index (χ2n) is 7.24. The first kappa shape index (κ1) is 22.5. The zero-order chi connectivity index (χ0) is 22.4. The number of hydrogen-bond donors (Lipinski definition) is 2. The van der Waals surface area contributed by atoms with Gasteiger partial charge in [0.05, 0.1) is 24.1 Å². The molecule has 0 bridgehead atoms. The minimum absolute atomic E-state index is 0.0770. The van der Waals surface area contributed by atoms with Gasteiger partial charge in [0.2, 0.25) is 15.9 Å². The molecule has 0 aliphatic rings. The second kappa shape index (κ2) is 9.76. The zero-order valence-corrected chi connectivity index (χ0v) is 18.5. The Bertz CT molecular complexity index is 1090. The molecule has 2 N–H and O–H groups in total. The zero-order valence-electron chi connectivity index (χ0n) is 17.7. The quantitative estimate of drug-likeness (QED) is 0.563. The molecule has 0 radical (unpaired) electrons. The number of sulfonamides is 1. The van der Waals surface area contributed by atoms with Crippen molar-refractivity contribution in [2.75, 3.05) is 7.11 Å². The molecule has 0 spiro atoms. The third-order valence-corrected chi connectivity index (χ3v) is 6.49. The highest BCUT2D eigenvalue weighted by Crippen LogP contribution is 2.23. The summed E-state index contributed by atoms with van der Waals surface area (Å²) in [5.41, 5.74) is 2.50. The minimum Gasteiger partial charge on any atom is -0.496 e. The highest BCUT2D eigenvalue weighted by molar-refractivity contribution is 7.89. The summed E-state index contributed by atoms with van der Waals surface area (Å²) in [5, 5.41) is 2.97. The van der Waals surface area contributed by atoms with E-state index >= 15 is 0 Å². The molecule has 3 rings (SSSR count). The third kappa shape index (κ3) is 5.51. The number of carbonyl (C=O) groups excluding carboxylic acids is 1. The maximum absolute atomic E-state index is 12.9. The molecule has 0 aromatic heterocycles. The number of carbonyl (C=O) groups is 1. The smallest absolute Gasteiger partial charge is 0.241 e. The summed E-state index contributed by atoms with van der Waals surface area (Å²) in [5.74, 6) is 0.171. The van der Waals surface area contributed by atoms with Crippen molar-refractivity contribution in [2.24, 2.45) is 0 Å². The van der Waals surface area contributed by atoms with E-state index in [9.17, 15) is 13.2 Å². The van der Waals surface area contributed by atoms with Crippen molar-refractivity contribution in [3.05, 3.63) is 95.6 Å². The largest absolute Gasteiger partial charge is 0.496 e. The average Bonchev–Trinajstić information content (AvgIpc) is 2.78. The summed E-state index contributed by atoms with van der Waals surface area (Å²) in [6.45, 7) is 3.29. The first-order valence-corrected chi connectivity index (χ1v) is 11.4. The lowest BCUT2D eigenvalue weighted by Gasteiger charge is -2.22. The van der Waals surface area contributed by atoms with Crippen LogP contribution in [0.2, 0.25) is 0 Å². The van der Waals surface area contributed by atoms with E-state index in [4.69, 9.17) is 4.74 Å². The van der Waals surface area contributed by atoms with E-state index in [-0.39, 0.29) is 4.90 Å². The SMILES string of the molecule is COc1ccc(S(=O)(=O)N[C@H](C)C(=O)NC(c2ccccc2)c2ccccc2)cc1C. The number of aryl methyl sites for hydroxylation is 1. The number of rotatable bonds is 8. The molecule has 0 saturated carbocycles. The van der Waals surface area contributed by atoms with Crippen molar-refractivity contribution >= 4 is 15.9 Å². The fraction of sp³-hybridized carbons (Fsp3) is 0.208. The predicted molar refractivity (Wildman–Crippen MR) is 120 cm³/mol. The molecule has 0 heterocycles. The molecule has 6 nitrogen and oxygen atoms in total. The molecular weight excluding hydrogens is 412 g/mol. The van der Waals surface area contributed by atoms with Crippen LogP contribution in [0.1, 0.15) is 29.7 Å². The molecule has 0 saturated heterocycles. The standard InChI is InChI=1S/C24H26N2O4S/c1-17-16-21(14-15-22(17)30-3)31(28,29)26-18(2)24(27)25-23(19-10-6-4-7-11-19)20-12-8-5-9-13-20/h4-16,18,23,26H,1-3H3,(H,25,27)/t18-/m1/s1. The molecular formula is C24H26N2O4S. The monoisotopic (exact) mass is 438 g/mol. The lowest BCUT2D eigenvalue weighted by atomic mass is 9.98. The summed E-state index contributed by atoms with van der Waals surface area (Å²) in [7, 11) is -2.36. The van der Waals surface area contributed by atoms with Gasteiger partial charge in [0.15, 0.2) is 0 Å². The van der Waals surface area contributed by atoms with Crippen molar-refractivity contribution < 1.29 is 17.9 Å². The molecule has 0 fully saturated rings. The van der Waals surface area contributed by atoms with E-state index in [0.717, 1.165) is 11.1 Å². The molecule has 31 heavy (non-hydrogen) atoms. The number of ether oxygens (including phenoxy) is 1. The fourth-order valence-electron chi connectivity index (χ4n) is 3.29. The van der Waals surface area contributed by atoms with Gasteiger partial charge in [0.1, 0.15) is 5.75 Å². The Labute approximate surface area is 183 Å². The Kier molecular flexibility index (Phi) is 7.09. The van der Waals surface area contributed by atoms with Crippen LogP contribution in [0.15, 0.2) is 83.8 Å². The number of amides is 1. The van der Waals surface area contributed by atoms with Crippen LogP contribution in [0, 0.1) is 6.92 Å². The number of methoxy groups -OCH3 is 1. The van der Waals surface area contributed by atoms with Crippen LogP contribution in [-0.2, 0) is 14.8 Å². The summed E-state index contributed by atoms with van der Waals surface area (Å²) in [6.07, 6.45) is 0. The van der Waals surface area contributed by atoms with Gasteiger partial charge in [-0.05, 0) is 48.7 Å². The maximum Gasteiger partial charge on any atom is 0.241 e. The van der Waals surface area contributed by atoms with Gasteiger partial charge >= 0.3 is 0 Å². The molecule has 162 valence electrons. The number of benzene rings is 3. The molecule has 1 amide bonds. The first-order valence-electron chi connectivity index (χ1n) is 9.89. The van der Waals surface area contributed by atoms with E-state index in [2.05, 4.69) is 10.0 Å². The Hall–Kier alpha value is -3.16. The predicted octanol–water partition coefficient (Wildman–Crippen LogP) is 3.58. The van der Waals surface area contributed by atoms with Gasteiger partial charge < -0.3 is 10.1 Å². The van der Waals surface area contributed by atoms with Gasteiger partial charge in [-0.25, -0.2) is 8.42 Å². The highest BCUT2D eigenvalue weighted by atomic mass is 32.2. The molecule has 0 unspecified atom stereocenters. The van der Waals surface area contributed by atoms with E-state index < -0.39 is 28.0 Å². The lowest BCUT2D eigenvalue weighted by molar-refractivity contribution is -0.122. The minimum atomic E-state index is -3.88. The summed E-state index contributed by atoms with van der Waals surface area (Å²) < 4.78 is 33.2. The van der Waals surface area contributed by atoms with E-state index in [1.807, 2.05) is 60.7 Å². The van der Waals surface area contributed by atoms with Gasteiger partial charge in [-0.3, -0.25) is 4.79 Å². The Morgan fingerprint density at radius 2 is 1.45 bits per heavy atom. The van der Waals surface area contributed by atoms with Gasteiger partial charge in [0.25, 0.3) is 0 Å². The second-order valence-corrected chi connectivity index (χ2v) is 8.95. The molecule has 1 atom stereocenters. The summed E-state index contributed by atoms with van der Waals surface area (Å²) >= 11 is 0. The van der Waals surface area contributed by atoms with E-state index in [1.165, 1.54) is 26.2 Å². The number of hydrogen-bond acceptors (Lipinski definition) is 4. The molecule has 7 heteroatoms. The molecule has 0 aliphatic carbocycles. The maximum atomic E-state index is 12.9. The Morgan fingerprint density at radius 1 is 0.903 bits per heavy atom. The summed E-state index contributed by atoms with van der Waals surface area (Å²) in [4.78, 5) is 13.0. The van der Waals surface area contributed by atoms with Gasteiger partial charge in [-0.15, -0.1) is 0 Å². The van der Waals surface area contributed by atoms with E-state index in [0.29, 0.717) is 11.3 Å². The fourth-order valence-corrected chi connectivity index (χ4v) is 4.58. The third-order valence-electron chi connectivity index (χ3n) is 4.95. The molecule has 3 aromatic carbocycles. The summed E-state index contributed by atoms with van der Waals surface area (Å²) in [6, 6.07) is 22.3. The van der Waals surface area contributed by atoms with Crippen LogP contribution in [0.3, 0.4) is 0 Å². The first-order chi connectivity index (χ1) is 14.8. The van der Waals surface area contributed by atoms with Crippen molar-refractivity contribution in [3.63, 3.8) is 0 Å². The highest BCUT2D eigenvalue weighted by Gasteiger charge is 2.25. The Balaban J connectivity index is 1.78. The lowest BCUT2D eigenvalue weighted by Crippen LogP contribution is -2.46. The Morgan fingerprint density at radius 3 is 1.94 bits per heavy atom. The molecule has 3 aromatic rings. The van der Waals surface area contributed by atoms with Crippen LogP contribution < -0.4 is 14.8 Å². The van der Waals surface area contributed by atoms with E-state index in [1.54, 1.807) is 13.0 Å². The van der Waals surface area contributed by atoms with Crippen LogP contribution in [-0.4, -0.2) is 27.5 Å². The normalized spacial score (nSPS) is 12.4. The van der Waals surface area contributed by atoms with Crippen LogP contribution >= 0.6 is 0 Å². The van der Waals surface area contributed by atoms with Gasteiger partial charge in [-0.2, -0.15) is 4.72 Å². The number of nitrogens with one attached hydrogen (secondary N) is 2. The van der Waals surface area contributed by atoms with Crippen LogP contribution in [0.4, 0.5) is 0 Å². The van der Waals surface area contributed by atoms with Crippen molar-refractivity contribution in [3.8, 4) is 5.75 Å². The van der Waals surface area contributed by atoms with Crippen molar-refractivity contribution in [1.29, 1.82) is 0 Å². The van der Waals surface area contributed by atoms with Crippen molar-refractivity contribution in [1.82, 2.24) is 10.0 Å². The van der Waals surface area contributed by atoms with Crippen molar-refractivity contribution in [2.45, 2.75) is 30.8 Å². The van der Waals surface area contributed by atoms with Gasteiger partial charge in [0, 0.05) is 0 Å². The van der Waals surface area contributed by atoms with Gasteiger partial charge in [-0.1, -0.05) is 60.7 Å². The molecule has 0 aliphatic heterocycles. The topological polar surface area (TPSA) is 84.5 Å². The van der Waals surface area contributed by atoms with Crippen LogP contribution in [0.5, 0.6) is 5.75 Å². The van der Waals surface area contributed by atoms with Crippen LogP contribution in [0.25, 0.3) is 0 Å². The average molecular weight is 439 g/mol.